The molecule has 10 saturated heterocycles. The van der Waals surface area contributed by atoms with Crippen LogP contribution in [0.5, 0.6) is 0 Å². The number of likely N-dealkylation sites (N-methyl/N-ethyl adjacent to an activating group) is 4. The predicted molar refractivity (Wildman–Crippen MR) is 616 cm³/mol. The van der Waals surface area contributed by atoms with Crippen LogP contribution in [0.4, 0.5) is 0 Å². The molecule has 1 atom stereocenters. The molecule has 10 fully saturated rings. The zero-order valence-corrected chi connectivity index (χ0v) is 97.6. The van der Waals surface area contributed by atoms with Crippen molar-refractivity contribution in [2.75, 3.05) is 360 Å². The Labute approximate surface area is 867 Å². The lowest BCUT2D eigenvalue weighted by Gasteiger charge is -2.32. The molecule has 25 heteroatoms. The molecule has 0 aliphatic carbocycles. The van der Waals surface area contributed by atoms with Gasteiger partial charge in [0.15, 0.2) is 0 Å². The Hall–Kier alpha value is -2.52. The zero-order chi connectivity index (χ0) is 104. The van der Waals surface area contributed by atoms with Crippen molar-refractivity contribution < 1.29 is 9.84 Å². The summed E-state index contributed by atoms with van der Waals surface area (Å²) in [6.45, 7) is 74.8. The molecule has 0 bridgehead atoms. The van der Waals surface area contributed by atoms with Gasteiger partial charge in [-0.15, -0.1) is 0 Å². The van der Waals surface area contributed by atoms with Crippen molar-refractivity contribution in [3.8, 4) is 0 Å². The van der Waals surface area contributed by atoms with E-state index in [1.165, 1.54) is 427 Å². The number of hydrogen-bond acceptors (Lipinski definition) is 24. The summed E-state index contributed by atoms with van der Waals surface area (Å²) in [6, 6.07) is 6.82. The van der Waals surface area contributed by atoms with E-state index in [9.17, 15) is 0 Å². The van der Waals surface area contributed by atoms with Gasteiger partial charge >= 0.3 is 0 Å². The highest BCUT2D eigenvalue weighted by Gasteiger charge is 2.20. The third kappa shape index (κ3) is 104. The molecule has 12 rings (SSSR count). The number of β-amino-alcohol motifs (C(OH)–C–C–N with tert-alkyl or cyclic N) is 1. The van der Waals surface area contributed by atoms with Gasteiger partial charge in [-0.1, -0.05) is 159 Å². The number of aliphatic hydroxyl groups excluding tert-OH is 1. The molecule has 2 aromatic rings. The lowest BCUT2D eigenvalue weighted by atomic mass is 9.95. The third-order valence-electron chi connectivity index (χ3n) is 26.7. The van der Waals surface area contributed by atoms with E-state index in [4.69, 9.17) is 27.0 Å². The molecule has 1 unspecified atom stereocenters. The minimum absolute atomic E-state index is 0.319. The Morgan fingerprint density at radius 3 is 1.19 bits per heavy atom. The predicted octanol–water partition coefficient (Wildman–Crippen LogP) is 17.2. The van der Waals surface area contributed by atoms with Crippen molar-refractivity contribution in [1.82, 2.24) is 98.7 Å². The number of morpholine rings is 1. The maximum Gasteiger partial charge on any atom is 0.0945 e. The maximum absolute atomic E-state index is 8.58. The SMILES string of the molecule is CCC1CCN(C)CC1.CCCCCN(C)C.CCCCCNCC.CCCCN1CCN(C)CC1.CCCN(C)C.CCCN1CCCCC1.CCCN1CCCCC1.CCCN1CCOCC1.CCCc1ccccn1.CCN1CCCCC1.CN(C)CCN1CCCCC1.CN1CCCC1CCN.CNCCN(C)C.NCCCn1ccnc1.NCCN1CCCC1.OCCN1CCCCC1. The number of unbranched alkanes of at least 4 members (excludes halogenated alkanes) is 5. The number of nitrogens with two attached hydrogens (primary N) is 3. The summed E-state index contributed by atoms with van der Waals surface area (Å²) in [5.74, 6) is 1.03. The second kappa shape index (κ2) is 113. The molecule has 25 nitrogen and oxygen atoms in total. The monoisotopic (exact) mass is 1970 g/mol. The number of nitrogens with zero attached hydrogens (tertiary/aromatic N) is 18. The van der Waals surface area contributed by atoms with Crippen LogP contribution >= 0.6 is 0 Å². The number of aryl methyl sites for hydroxylation is 2. The van der Waals surface area contributed by atoms with Crippen molar-refractivity contribution in [3.05, 3.63) is 48.8 Å². The van der Waals surface area contributed by atoms with Gasteiger partial charge < -0.3 is 111 Å². The Morgan fingerprint density at radius 1 is 0.381 bits per heavy atom. The molecule has 10 aliphatic rings. The second-order valence-electron chi connectivity index (χ2n) is 41.2. The molecule has 0 amide bonds. The van der Waals surface area contributed by atoms with Crippen LogP contribution in [0.15, 0.2) is 43.1 Å². The molecule has 12 heterocycles. The highest BCUT2D eigenvalue weighted by molar-refractivity contribution is 5.03. The standard InChI is InChI=1S/2C9H20N2.3C8H17N.C8H11N.C7H16N2.2C7H15NO.C7H15N.2C7H17N.C6H11N3.C6H14N2.C5H14N2.C5H13N/c1-10(2)8-9-11-6-4-3-5-7-11;1-3-4-5-11-8-6-10(2)7-9-11;1-3-8-4-6-9(2)7-5-8;2*1-2-6-9-7-4-3-5-8-9;1-2-5-8-6-3-4-7-9-8;1-9-6-2-3-7(9)4-5-8;1-2-3-8-4-6-9-7-5-8;9-7-6-8-4-2-1-3-5-8;1-2-8-6-4-3-5-7-8;1-4-5-6-7-8(2)3;1-3-5-6-7-8-4-2;7-2-1-4-9-5-3-8-6-9;7-3-6-8-4-1-2-5-8;1-6-4-5-7(2)3;1-4-5-6(2)3/h2*3-9H2,1-2H3;8H,3-7H2,1-2H3;2*2-8H2,1H3;3-4,6-7H,2,5H2,1H3;7H,2-6,8H2,1H3;2-7H2,1H3;9H,1-7H2;2-7H2,1H3;4-7H2,1-3H3;8H,3-7H2,1-2H3;3,5-6H,1-2,4,7H2;1-7H2;6H,4-5H2,1-3H3;4-5H2,1-3H3. The van der Waals surface area contributed by atoms with Crippen molar-refractivity contribution in [1.29, 1.82) is 0 Å². The van der Waals surface area contributed by atoms with E-state index in [0.29, 0.717) is 6.61 Å². The van der Waals surface area contributed by atoms with Crippen molar-refractivity contribution in [3.63, 3.8) is 0 Å². The summed E-state index contributed by atoms with van der Waals surface area (Å²) in [5, 5.41) is 14.9. The van der Waals surface area contributed by atoms with Gasteiger partial charge in [0.1, 0.15) is 0 Å². The summed E-state index contributed by atoms with van der Waals surface area (Å²) in [4.78, 5) is 44.1. The van der Waals surface area contributed by atoms with Gasteiger partial charge in [-0.2, -0.15) is 0 Å². The molecule has 832 valence electrons. The fourth-order valence-corrected chi connectivity index (χ4v) is 17.5. The Kier molecular flexibility index (Phi) is 116. The first kappa shape index (κ1) is 143. The molecule has 0 radical (unpaired) electrons. The highest BCUT2D eigenvalue weighted by atomic mass is 16.5. The molecule has 2 aromatic heterocycles. The van der Waals surface area contributed by atoms with Gasteiger partial charge in [0.2, 0.25) is 0 Å². The fourth-order valence-electron chi connectivity index (χ4n) is 17.5. The summed E-state index contributed by atoms with van der Waals surface area (Å²) >= 11 is 0. The third-order valence-corrected chi connectivity index (χ3v) is 26.7. The van der Waals surface area contributed by atoms with E-state index in [1.807, 2.05) is 36.1 Å². The number of ether oxygens (including phenoxy) is 1. The summed E-state index contributed by atoms with van der Waals surface area (Å²) in [7, 11) is 25.4. The zero-order valence-electron chi connectivity index (χ0n) is 97.6. The second-order valence-corrected chi connectivity index (χ2v) is 41.2. The number of piperidine rings is 6. The first-order valence-corrected chi connectivity index (χ1v) is 58.4. The molecule has 9 N–H and O–H groups in total. The number of imidazole rings is 1. The van der Waals surface area contributed by atoms with Gasteiger partial charge in [0.05, 0.1) is 26.1 Å². The van der Waals surface area contributed by atoms with E-state index in [-0.39, 0.29) is 0 Å². The summed E-state index contributed by atoms with van der Waals surface area (Å²) in [5.41, 5.74) is 17.3. The van der Waals surface area contributed by atoms with E-state index in [1.54, 1.807) is 12.5 Å². The number of aliphatic hydroxyl groups is 1. The van der Waals surface area contributed by atoms with Crippen LogP contribution < -0.4 is 27.8 Å². The molecule has 139 heavy (non-hydrogen) atoms. The molecule has 0 spiro atoms. The van der Waals surface area contributed by atoms with Gasteiger partial charge in [-0.05, 0) is 440 Å². The van der Waals surface area contributed by atoms with Crippen molar-refractivity contribution in [2.45, 2.75) is 333 Å². The first-order valence-electron chi connectivity index (χ1n) is 58.4. The van der Waals surface area contributed by atoms with Crippen LogP contribution in [0, 0.1) is 5.92 Å². The average Bonchev–Trinajstić information content (AvgIpc) is 1.84. The topological polar surface area (TPSA) is 211 Å². The molecule has 0 saturated carbocycles. The molecular weight excluding hydrogens is 1720 g/mol. The number of rotatable bonds is 39. The quantitative estimate of drug-likeness (QED) is 0.0344. The van der Waals surface area contributed by atoms with E-state index < -0.39 is 0 Å². The lowest BCUT2D eigenvalue weighted by Crippen LogP contribution is -2.44. The van der Waals surface area contributed by atoms with Crippen LogP contribution in [0.2, 0.25) is 0 Å². The van der Waals surface area contributed by atoms with Gasteiger partial charge in [-0.3, -0.25) is 9.88 Å². The van der Waals surface area contributed by atoms with Crippen molar-refractivity contribution in [2.24, 2.45) is 23.1 Å². The molecule has 10 aliphatic heterocycles. The van der Waals surface area contributed by atoms with Crippen molar-refractivity contribution >= 4 is 0 Å². The number of pyridine rings is 1. The van der Waals surface area contributed by atoms with Crippen LogP contribution in [0.25, 0.3) is 0 Å². The van der Waals surface area contributed by atoms with Crippen LogP contribution in [-0.2, 0) is 17.7 Å². The average molecular weight is 1970 g/mol. The van der Waals surface area contributed by atoms with Crippen LogP contribution in [0.3, 0.4) is 0 Å². The number of hydrogen-bond donors (Lipinski definition) is 6. The van der Waals surface area contributed by atoms with E-state index >= 15 is 0 Å². The van der Waals surface area contributed by atoms with Gasteiger partial charge in [0, 0.05) is 122 Å². The number of likely N-dealkylation sites (tertiary alicyclic amines) is 8. The van der Waals surface area contributed by atoms with Crippen LogP contribution in [0.1, 0.15) is 319 Å². The fraction of sp³-hybridized carbons (Fsp3) is 0.930. The number of aromatic nitrogens is 3. The van der Waals surface area contributed by atoms with Gasteiger partial charge in [0.25, 0.3) is 0 Å². The highest BCUT2D eigenvalue weighted by Crippen LogP contribution is 2.20. The summed E-state index contributed by atoms with van der Waals surface area (Å²) < 4.78 is 7.23. The smallest absolute Gasteiger partial charge is 0.0945 e. The van der Waals surface area contributed by atoms with Gasteiger partial charge in [-0.25, -0.2) is 4.98 Å². The number of nitrogens with one attached hydrogen (secondary N) is 2. The molecular formula is C114H249N23O2. The van der Waals surface area contributed by atoms with Crippen LogP contribution in [-0.4, -0.2) is 459 Å². The Morgan fingerprint density at radius 2 is 0.835 bits per heavy atom. The first-order chi connectivity index (χ1) is 67.5. The Balaban J connectivity index is -0.000000700. The van der Waals surface area contributed by atoms with E-state index in [0.717, 1.165) is 110 Å². The lowest BCUT2D eigenvalue weighted by molar-refractivity contribution is 0.0380. The minimum Gasteiger partial charge on any atom is -0.395 e. The largest absolute Gasteiger partial charge is 0.395 e. The van der Waals surface area contributed by atoms with E-state index in [2.05, 4.69) is 254 Å². The minimum atomic E-state index is 0.319. The number of piperazine rings is 1. The normalized spacial score (nSPS) is 18.7. The molecule has 0 aromatic carbocycles. The summed E-state index contributed by atoms with van der Waals surface area (Å²) in [6.07, 6.45) is 58.7. The maximum atomic E-state index is 8.58. The Bertz CT molecular complexity index is 2400.